The van der Waals surface area contributed by atoms with Gasteiger partial charge in [0.25, 0.3) is 0 Å². The van der Waals surface area contributed by atoms with Crippen LogP contribution in [0.4, 0.5) is 0 Å². The van der Waals surface area contributed by atoms with E-state index in [0.29, 0.717) is 19.0 Å². The van der Waals surface area contributed by atoms with E-state index < -0.39 is 5.69 Å². The van der Waals surface area contributed by atoms with Gasteiger partial charge in [0.1, 0.15) is 6.29 Å². The molecule has 7 heteroatoms. The van der Waals surface area contributed by atoms with Gasteiger partial charge < -0.3 is 13.8 Å². The molecule has 0 aliphatic rings. The molecule has 0 N–H and O–H groups in total. The number of aldehydes is 1. The Labute approximate surface area is 105 Å². The summed E-state index contributed by atoms with van der Waals surface area (Å²) in [5.74, 6) is 2.32. The Morgan fingerprint density at radius 1 is 1.27 bits per heavy atom. The van der Waals surface area contributed by atoms with Gasteiger partial charge in [-0.15, -0.1) is 0 Å². The monoisotopic (exact) mass is 288 g/mol. The van der Waals surface area contributed by atoms with Gasteiger partial charge in [0.2, 0.25) is 5.69 Å². The highest BCUT2D eigenvalue weighted by atomic mass is 32.9. The molecular formula is C8H17O3PS3. The Morgan fingerprint density at radius 3 is 2.33 bits per heavy atom. The number of thioether (sulfide) groups is 1. The number of hydrogen-bond acceptors (Lipinski definition) is 6. The van der Waals surface area contributed by atoms with E-state index in [4.69, 9.17) is 20.9 Å². The Morgan fingerprint density at radius 2 is 1.87 bits per heavy atom. The van der Waals surface area contributed by atoms with Gasteiger partial charge in [0.05, 0.1) is 13.2 Å². The first kappa shape index (κ1) is 15.9. The molecule has 0 aliphatic carbocycles. The normalized spacial score (nSPS) is 11.6. The average Bonchev–Trinajstić information content (AvgIpc) is 2.18. The maximum Gasteiger partial charge on any atom is 0.247 e. The topological polar surface area (TPSA) is 35.5 Å². The molecule has 0 aromatic rings. The lowest BCUT2D eigenvalue weighted by atomic mass is 10.9. The largest absolute Gasteiger partial charge is 0.322 e. The maximum absolute atomic E-state index is 10.1. The molecule has 0 saturated carbocycles. The van der Waals surface area contributed by atoms with Crippen LogP contribution >= 0.6 is 28.8 Å². The maximum atomic E-state index is 10.1. The molecule has 0 aromatic heterocycles. The molecule has 0 rings (SSSR count). The van der Waals surface area contributed by atoms with Gasteiger partial charge in [-0.2, -0.15) is 11.8 Å². The van der Waals surface area contributed by atoms with Gasteiger partial charge in [-0.25, -0.2) is 0 Å². The molecule has 3 nitrogen and oxygen atoms in total. The lowest BCUT2D eigenvalue weighted by molar-refractivity contribution is -0.105. The molecule has 0 heterocycles. The van der Waals surface area contributed by atoms with Crippen molar-refractivity contribution < 1.29 is 13.8 Å². The molecule has 0 saturated heterocycles. The Hall–Kier alpha value is 0.940. The van der Waals surface area contributed by atoms with Gasteiger partial charge in [-0.3, -0.25) is 0 Å². The van der Waals surface area contributed by atoms with Crippen LogP contribution in [-0.4, -0.2) is 36.8 Å². The summed E-state index contributed by atoms with van der Waals surface area (Å²) >= 11 is 8.50. The minimum atomic E-state index is -2.12. The minimum Gasteiger partial charge on any atom is -0.322 e. The lowest BCUT2D eigenvalue weighted by Gasteiger charge is -2.19. The standard InChI is InChI=1S/C8H17O3PS3/c1-3-10-12(13,11-4-2)15-8-7-14-6-5-9/h5H,3-4,6-8H2,1-2H3. The van der Waals surface area contributed by atoms with Crippen molar-refractivity contribution in [3.05, 3.63) is 0 Å². The quantitative estimate of drug-likeness (QED) is 0.349. The van der Waals surface area contributed by atoms with E-state index in [2.05, 4.69) is 0 Å². The molecule has 0 atom stereocenters. The van der Waals surface area contributed by atoms with E-state index in [1.54, 1.807) is 23.1 Å². The lowest BCUT2D eigenvalue weighted by Crippen LogP contribution is -1.94. The van der Waals surface area contributed by atoms with Gasteiger partial charge in [0, 0.05) is 17.3 Å². The van der Waals surface area contributed by atoms with Crippen LogP contribution < -0.4 is 0 Å². The molecule has 0 aliphatic heterocycles. The van der Waals surface area contributed by atoms with Crippen molar-refractivity contribution in [1.29, 1.82) is 0 Å². The number of hydrogen-bond donors (Lipinski definition) is 0. The summed E-state index contributed by atoms with van der Waals surface area (Å²) in [6.45, 7) is 5.01. The van der Waals surface area contributed by atoms with Crippen molar-refractivity contribution in [1.82, 2.24) is 0 Å². The first-order chi connectivity index (χ1) is 7.18. The van der Waals surface area contributed by atoms with Crippen molar-refractivity contribution in [2.45, 2.75) is 13.8 Å². The molecule has 0 fully saturated rings. The fourth-order valence-corrected chi connectivity index (χ4v) is 6.60. The number of carbonyl (C=O) groups excluding carboxylic acids is 1. The second-order valence-electron chi connectivity index (χ2n) is 2.36. The number of carbonyl (C=O) groups is 1. The van der Waals surface area contributed by atoms with Crippen LogP contribution in [0.3, 0.4) is 0 Å². The van der Waals surface area contributed by atoms with Crippen molar-refractivity contribution in [3.8, 4) is 0 Å². The summed E-state index contributed by atoms with van der Waals surface area (Å²) < 4.78 is 10.9. The van der Waals surface area contributed by atoms with Crippen LogP contribution in [0.25, 0.3) is 0 Å². The molecule has 0 bridgehead atoms. The minimum absolute atomic E-state index is 0.548. The Balaban J connectivity index is 3.75. The highest BCUT2D eigenvalue weighted by Gasteiger charge is 2.17. The van der Waals surface area contributed by atoms with Gasteiger partial charge in [0.15, 0.2) is 0 Å². The highest BCUT2D eigenvalue weighted by molar-refractivity contribution is 8.68. The summed E-state index contributed by atoms with van der Waals surface area (Å²) in [5, 5.41) is 0. The van der Waals surface area contributed by atoms with Gasteiger partial charge in [-0.05, 0) is 25.7 Å². The fourth-order valence-electron chi connectivity index (χ4n) is 0.767. The molecular weight excluding hydrogens is 271 g/mol. The van der Waals surface area contributed by atoms with E-state index in [1.807, 2.05) is 13.8 Å². The predicted molar refractivity (Wildman–Crippen MR) is 73.4 cm³/mol. The van der Waals surface area contributed by atoms with Crippen LogP contribution in [0, 0.1) is 0 Å². The first-order valence-corrected chi connectivity index (χ1v) is 10.1. The Kier molecular flexibility index (Phi) is 10.8. The zero-order valence-corrected chi connectivity index (χ0v) is 12.4. The summed E-state index contributed by atoms with van der Waals surface area (Å²) in [4.78, 5) is 10.1. The summed E-state index contributed by atoms with van der Waals surface area (Å²) in [7, 11) is 0. The van der Waals surface area contributed by atoms with Crippen molar-refractivity contribution in [2.24, 2.45) is 0 Å². The third-order valence-electron chi connectivity index (χ3n) is 1.24. The van der Waals surface area contributed by atoms with Crippen molar-refractivity contribution in [3.63, 3.8) is 0 Å². The summed E-state index contributed by atoms with van der Waals surface area (Å²) in [5.41, 5.74) is -2.12. The van der Waals surface area contributed by atoms with Crippen molar-refractivity contribution >= 4 is 46.9 Å². The van der Waals surface area contributed by atoms with Gasteiger partial charge in [-0.1, -0.05) is 11.4 Å². The van der Waals surface area contributed by atoms with Crippen LogP contribution in [0.1, 0.15) is 13.8 Å². The van der Waals surface area contributed by atoms with Crippen LogP contribution in [0.15, 0.2) is 0 Å². The van der Waals surface area contributed by atoms with E-state index in [1.165, 1.54) is 0 Å². The third-order valence-corrected chi connectivity index (χ3v) is 7.92. The average molecular weight is 288 g/mol. The van der Waals surface area contributed by atoms with Gasteiger partial charge >= 0.3 is 0 Å². The van der Waals surface area contributed by atoms with E-state index in [0.717, 1.165) is 17.8 Å². The molecule has 0 radical (unpaired) electrons. The number of rotatable bonds is 10. The zero-order valence-electron chi connectivity index (χ0n) is 9.01. The smallest absolute Gasteiger partial charge is 0.247 e. The third kappa shape index (κ3) is 8.72. The SMILES string of the molecule is CCOP(=S)(OCC)SCCSCC=O. The van der Waals surface area contributed by atoms with Crippen LogP contribution in [0.2, 0.25) is 0 Å². The second kappa shape index (κ2) is 10.1. The highest BCUT2D eigenvalue weighted by Crippen LogP contribution is 2.60. The summed E-state index contributed by atoms with van der Waals surface area (Å²) in [6.07, 6.45) is 0.913. The molecule has 0 unspecified atom stereocenters. The molecule has 0 spiro atoms. The molecule has 0 aromatic carbocycles. The Bertz CT molecular complexity index is 203. The molecule has 15 heavy (non-hydrogen) atoms. The van der Waals surface area contributed by atoms with E-state index >= 15 is 0 Å². The van der Waals surface area contributed by atoms with Crippen molar-refractivity contribution in [2.75, 3.05) is 30.5 Å². The predicted octanol–water partition coefficient (Wildman–Crippen LogP) is 2.95. The fraction of sp³-hybridized carbons (Fsp3) is 0.875. The zero-order chi connectivity index (χ0) is 11.6. The molecule has 0 amide bonds. The van der Waals surface area contributed by atoms with Crippen LogP contribution in [-0.2, 0) is 25.6 Å². The second-order valence-corrected chi connectivity index (χ2v) is 9.94. The van der Waals surface area contributed by atoms with E-state index in [-0.39, 0.29) is 0 Å². The van der Waals surface area contributed by atoms with E-state index in [9.17, 15) is 4.79 Å². The van der Waals surface area contributed by atoms with Crippen LogP contribution in [0.5, 0.6) is 0 Å². The summed E-state index contributed by atoms with van der Waals surface area (Å²) in [6, 6.07) is 0. The molecule has 90 valence electrons. The first-order valence-electron chi connectivity index (χ1n) is 4.73.